The van der Waals surface area contributed by atoms with E-state index in [1.807, 2.05) is 61.2 Å². The number of nitrogens with zero attached hydrogens (tertiary/aromatic N) is 7. The van der Waals surface area contributed by atoms with Gasteiger partial charge in [0.05, 0.1) is 17.2 Å². The lowest BCUT2D eigenvalue weighted by molar-refractivity contribution is -0.131. The average Bonchev–Trinajstić information content (AvgIpc) is 3.64. The molecule has 12 nitrogen and oxygen atoms in total. The van der Waals surface area contributed by atoms with Gasteiger partial charge in [-0.3, -0.25) is 23.6 Å². The molecule has 252 valence electrons. The molecule has 2 N–H and O–H groups in total. The average molecular weight is 661 g/mol. The number of para-hydroxylation sites is 1. The predicted octanol–water partition coefficient (Wildman–Crippen LogP) is 4.26. The number of nitriles is 1. The number of hydrogen-bond acceptors (Lipinski definition) is 8. The number of piperazine rings is 1. The largest absolute Gasteiger partial charge is 0.457 e. The van der Waals surface area contributed by atoms with Crippen molar-refractivity contribution >= 4 is 28.7 Å². The van der Waals surface area contributed by atoms with E-state index in [9.17, 15) is 19.6 Å². The van der Waals surface area contributed by atoms with Crippen LogP contribution in [0.3, 0.4) is 0 Å². The number of nitrogen functional groups attached to an aromatic ring is 1. The molecule has 2 atom stereocenters. The van der Waals surface area contributed by atoms with Gasteiger partial charge in [-0.15, -0.1) is 0 Å². The van der Waals surface area contributed by atoms with Crippen LogP contribution in [-0.2, 0) is 9.59 Å². The van der Waals surface area contributed by atoms with Crippen molar-refractivity contribution < 1.29 is 14.3 Å². The second kappa shape index (κ2) is 12.9. The van der Waals surface area contributed by atoms with Gasteiger partial charge >= 0.3 is 5.69 Å². The summed E-state index contributed by atoms with van der Waals surface area (Å²) in [5, 5.41) is 10.2. The van der Waals surface area contributed by atoms with Crippen molar-refractivity contribution in [3.63, 3.8) is 0 Å². The normalized spacial score (nSPS) is 20.3. The number of carbonyl (C=O) groups is 2. The lowest BCUT2D eigenvalue weighted by Gasteiger charge is -2.45. The number of ether oxygens (including phenoxy) is 1. The molecule has 4 aromatic rings. The first-order valence-corrected chi connectivity index (χ1v) is 16.8. The molecular weight excluding hydrogens is 620 g/mol. The lowest BCUT2D eigenvalue weighted by atomic mass is 9.95. The minimum absolute atomic E-state index is 0.0802. The number of hydrogen-bond donors (Lipinski definition) is 1. The van der Waals surface area contributed by atoms with Gasteiger partial charge in [0.25, 0.3) is 5.91 Å². The summed E-state index contributed by atoms with van der Waals surface area (Å²) in [6, 6.07) is 20.4. The van der Waals surface area contributed by atoms with Crippen molar-refractivity contribution in [2.45, 2.75) is 57.2 Å². The van der Waals surface area contributed by atoms with E-state index in [1.54, 1.807) is 44.5 Å². The van der Waals surface area contributed by atoms with Gasteiger partial charge in [0.1, 0.15) is 34.5 Å². The molecule has 2 aromatic carbocycles. The number of anilines is 1. The van der Waals surface area contributed by atoms with Crippen LogP contribution in [0.25, 0.3) is 16.7 Å². The van der Waals surface area contributed by atoms with E-state index < -0.39 is 5.54 Å². The summed E-state index contributed by atoms with van der Waals surface area (Å²) < 4.78 is 9.22. The van der Waals surface area contributed by atoms with Crippen LogP contribution in [0.15, 0.2) is 83.3 Å². The van der Waals surface area contributed by atoms with Gasteiger partial charge in [-0.2, -0.15) is 5.26 Å². The Balaban J connectivity index is 1.14. The third kappa shape index (κ3) is 6.06. The molecule has 3 fully saturated rings. The van der Waals surface area contributed by atoms with Crippen LogP contribution in [-0.4, -0.2) is 84.9 Å². The fourth-order valence-electron chi connectivity index (χ4n) is 7.56. The van der Waals surface area contributed by atoms with Crippen LogP contribution in [0.4, 0.5) is 5.82 Å². The fraction of sp³-hybridized carbons (Fsp3) is 0.378. The van der Waals surface area contributed by atoms with E-state index in [0.29, 0.717) is 73.7 Å². The SMILES string of the molecule is CC(C)(/C=C(/C#N)C(=O)N1CCC[C@@H](n2c(=O)n(-c3ccc(Oc4ccccc4)cc3)c3c(N)nccc32)C1)N1CCN2C(=O)CC[C@H]2C1. The summed E-state index contributed by atoms with van der Waals surface area (Å²) in [7, 11) is 0. The number of piperidine rings is 1. The highest BCUT2D eigenvalue weighted by Gasteiger charge is 2.40. The van der Waals surface area contributed by atoms with Gasteiger partial charge in [0, 0.05) is 56.9 Å². The molecule has 7 rings (SSSR count). The Hall–Kier alpha value is -5.41. The van der Waals surface area contributed by atoms with Crippen LogP contribution in [0.2, 0.25) is 0 Å². The van der Waals surface area contributed by atoms with E-state index in [1.165, 1.54) is 0 Å². The molecule has 3 aliphatic heterocycles. The number of amides is 2. The van der Waals surface area contributed by atoms with E-state index in [-0.39, 0.29) is 47.5 Å². The number of imidazole rings is 1. The zero-order valence-corrected chi connectivity index (χ0v) is 27.8. The molecular formula is C37H40N8O4. The quantitative estimate of drug-likeness (QED) is 0.229. The van der Waals surface area contributed by atoms with Gasteiger partial charge in [-0.25, -0.2) is 9.78 Å². The van der Waals surface area contributed by atoms with Crippen molar-refractivity contribution in [1.29, 1.82) is 5.26 Å². The van der Waals surface area contributed by atoms with Crippen LogP contribution >= 0.6 is 0 Å². The van der Waals surface area contributed by atoms with Gasteiger partial charge in [-0.1, -0.05) is 18.2 Å². The second-order valence-electron chi connectivity index (χ2n) is 13.6. The number of benzene rings is 2. The maximum absolute atomic E-state index is 14.3. The van der Waals surface area contributed by atoms with Crippen molar-refractivity contribution in [3.05, 3.63) is 89.0 Å². The molecule has 0 unspecified atom stereocenters. The number of rotatable bonds is 7. The fourth-order valence-corrected chi connectivity index (χ4v) is 7.56. The first-order chi connectivity index (χ1) is 23.6. The number of pyridine rings is 1. The van der Waals surface area contributed by atoms with E-state index >= 15 is 0 Å². The van der Waals surface area contributed by atoms with E-state index in [2.05, 4.69) is 16.0 Å². The Labute approximate surface area is 284 Å². The predicted molar refractivity (Wildman–Crippen MR) is 185 cm³/mol. The van der Waals surface area contributed by atoms with Crippen molar-refractivity contribution in [2.24, 2.45) is 0 Å². The van der Waals surface area contributed by atoms with E-state index in [0.717, 1.165) is 6.42 Å². The smallest absolute Gasteiger partial charge is 0.334 e. The van der Waals surface area contributed by atoms with Crippen LogP contribution in [0, 0.1) is 11.3 Å². The molecule has 3 saturated heterocycles. The molecule has 0 aliphatic carbocycles. The molecule has 2 amide bonds. The molecule has 3 aliphatic rings. The number of nitrogens with two attached hydrogens (primary N) is 1. The Morgan fingerprint density at radius 2 is 1.73 bits per heavy atom. The van der Waals surface area contributed by atoms with Gasteiger partial charge < -0.3 is 20.3 Å². The highest BCUT2D eigenvalue weighted by atomic mass is 16.5. The standard InChI is InChI=1S/C37H40N8O4/c1-37(2,42-19-20-43-27(24-42)12-15-32(43)46)21-25(22-38)35(47)41-18-6-7-28(23-41)44-31-16-17-40-34(39)33(31)45(36(44)48)26-10-13-30(14-11-26)49-29-8-4-3-5-9-29/h3-5,8-11,13-14,16-17,21,27-28H,6-7,12,15,18-20,23-24H2,1-2H3,(H2,39,40)/b25-21-/t27-,28+/m0/s1. The lowest BCUT2D eigenvalue weighted by Crippen LogP contribution is -2.57. The highest BCUT2D eigenvalue weighted by molar-refractivity contribution is 5.97. The van der Waals surface area contributed by atoms with Gasteiger partial charge in [0.2, 0.25) is 5.91 Å². The molecule has 0 spiro atoms. The van der Waals surface area contributed by atoms with Crippen molar-refractivity contribution in [2.75, 3.05) is 38.5 Å². The summed E-state index contributed by atoms with van der Waals surface area (Å²) in [5.74, 6) is 1.41. The second-order valence-corrected chi connectivity index (χ2v) is 13.6. The minimum Gasteiger partial charge on any atom is -0.457 e. The first kappa shape index (κ1) is 32.2. The summed E-state index contributed by atoms with van der Waals surface area (Å²) >= 11 is 0. The molecule has 0 radical (unpaired) electrons. The minimum atomic E-state index is -0.565. The molecule has 12 heteroatoms. The Kier molecular flexibility index (Phi) is 8.46. The van der Waals surface area contributed by atoms with Gasteiger partial charge in [-0.05, 0) is 81.7 Å². The Morgan fingerprint density at radius 3 is 2.49 bits per heavy atom. The molecule has 2 aromatic heterocycles. The topological polar surface area (TPSA) is 143 Å². The molecule has 5 heterocycles. The number of aromatic nitrogens is 3. The van der Waals surface area contributed by atoms with Crippen LogP contribution in [0.1, 0.15) is 45.6 Å². The Bertz CT molecular complexity index is 2030. The van der Waals surface area contributed by atoms with E-state index in [4.69, 9.17) is 10.5 Å². The molecule has 49 heavy (non-hydrogen) atoms. The van der Waals surface area contributed by atoms with Crippen LogP contribution in [0.5, 0.6) is 11.5 Å². The Morgan fingerprint density at radius 1 is 0.980 bits per heavy atom. The van der Waals surface area contributed by atoms with Crippen molar-refractivity contribution in [1.82, 2.24) is 28.8 Å². The summed E-state index contributed by atoms with van der Waals surface area (Å²) in [5.41, 5.74) is 7.35. The maximum atomic E-state index is 14.3. The summed E-state index contributed by atoms with van der Waals surface area (Å²) in [4.78, 5) is 50.6. The number of likely N-dealkylation sites (tertiary alicyclic amines) is 1. The third-order valence-corrected chi connectivity index (χ3v) is 10.1. The number of carbonyl (C=O) groups excluding carboxylic acids is 2. The number of fused-ring (bicyclic) bond motifs is 2. The van der Waals surface area contributed by atoms with Crippen LogP contribution < -0.4 is 16.2 Å². The highest BCUT2D eigenvalue weighted by Crippen LogP contribution is 2.32. The third-order valence-electron chi connectivity index (χ3n) is 10.1. The zero-order chi connectivity index (χ0) is 34.3. The van der Waals surface area contributed by atoms with Crippen molar-refractivity contribution in [3.8, 4) is 23.3 Å². The molecule has 0 saturated carbocycles. The first-order valence-electron chi connectivity index (χ1n) is 16.8. The maximum Gasteiger partial charge on any atom is 0.334 e. The molecule has 0 bridgehead atoms. The van der Waals surface area contributed by atoms with Gasteiger partial charge in [0.15, 0.2) is 0 Å². The zero-order valence-electron chi connectivity index (χ0n) is 27.8. The summed E-state index contributed by atoms with van der Waals surface area (Å²) in [6.45, 7) is 6.81. The summed E-state index contributed by atoms with van der Waals surface area (Å²) in [6.07, 6.45) is 6.10. The monoisotopic (exact) mass is 660 g/mol.